The Balaban J connectivity index is 1.98. The molecule has 4 N–H and O–H groups in total. The van der Waals surface area contributed by atoms with E-state index in [0.717, 1.165) is 10.3 Å². The molecular formula is C24H20N4O4S. The number of nitro benzene ring substituents is 1. The SMILES string of the molecule is Cc1c([N+](=O)[O-])ccc(C(N)=O)c1C(C(=O)c1nc2ccccc2s1)c1ccc(CN)cc1. The van der Waals surface area contributed by atoms with E-state index in [9.17, 15) is 19.7 Å². The number of carbonyl (C=O) groups is 2. The molecule has 1 atom stereocenters. The lowest BCUT2D eigenvalue weighted by Crippen LogP contribution is -2.22. The second-order valence-corrected chi connectivity index (χ2v) is 8.55. The van der Waals surface area contributed by atoms with Crippen molar-refractivity contribution in [3.05, 3.63) is 104 Å². The number of nitro groups is 1. The molecule has 1 heterocycles. The summed E-state index contributed by atoms with van der Waals surface area (Å²) < 4.78 is 0.837. The molecule has 0 aliphatic heterocycles. The number of thiazole rings is 1. The highest BCUT2D eigenvalue weighted by atomic mass is 32.1. The highest BCUT2D eigenvalue weighted by molar-refractivity contribution is 7.20. The van der Waals surface area contributed by atoms with Gasteiger partial charge < -0.3 is 11.5 Å². The molecule has 4 aromatic rings. The molecular weight excluding hydrogens is 440 g/mol. The van der Waals surface area contributed by atoms with Crippen LogP contribution in [0.3, 0.4) is 0 Å². The number of hydrogen-bond acceptors (Lipinski definition) is 7. The number of para-hydroxylation sites is 1. The predicted molar refractivity (Wildman–Crippen MR) is 126 cm³/mol. The van der Waals surface area contributed by atoms with Gasteiger partial charge in [-0.15, -0.1) is 11.3 Å². The Morgan fingerprint density at radius 1 is 1.09 bits per heavy atom. The Hall–Kier alpha value is -3.95. The maximum absolute atomic E-state index is 13.9. The number of Topliss-reactive ketones (excluding diaryl/α,β-unsaturated/α-hetero) is 1. The number of amides is 1. The molecule has 0 bridgehead atoms. The first-order valence-corrected chi connectivity index (χ1v) is 10.9. The number of hydrogen-bond donors (Lipinski definition) is 2. The van der Waals surface area contributed by atoms with Crippen molar-refractivity contribution < 1.29 is 14.5 Å². The van der Waals surface area contributed by atoms with Crippen molar-refractivity contribution in [1.82, 2.24) is 4.98 Å². The molecule has 166 valence electrons. The van der Waals surface area contributed by atoms with Crippen LogP contribution >= 0.6 is 11.3 Å². The smallest absolute Gasteiger partial charge is 0.272 e. The van der Waals surface area contributed by atoms with E-state index in [-0.39, 0.29) is 33.2 Å². The van der Waals surface area contributed by atoms with Crippen LogP contribution in [0.2, 0.25) is 0 Å². The van der Waals surface area contributed by atoms with Gasteiger partial charge in [-0.1, -0.05) is 36.4 Å². The first-order chi connectivity index (χ1) is 15.8. The molecule has 0 spiro atoms. The van der Waals surface area contributed by atoms with E-state index in [2.05, 4.69) is 4.98 Å². The molecule has 0 fully saturated rings. The molecule has 9 heteroatoms. The number of rotatable bonds is 7. The van der Waals surface area contributed by atoms with Crippen LogP contribution < -0.4 is 11.5 Å². The molecule has 33 heavy (non-hydrogen) atoms. The van der Waals surface area contributed by atoms with Crippen LogP contribution in [0.1, 0.15) is 48.3 Å². The zero-order valence-electron chi connectivity index (χ0n) is 17.6. The van der Waals surface area contributed by atoms with E-state index in [4.69, 9.17) is 11.5 Å². The largest absolute Gasteiger partial charge is 0.366 e. The van der Waals surface area contributed by atoms with Gasteiger partial charge >= 0.3 is 0 Å². The minimum atomic E-state index is -1.01. The van der Waals surface area contributed by atoms with Crippen LogP contribution in [-0.4, -0.2) is 21.6 Å². The number of benzene rings is 3. The van der Waals surface area contributed by atoms with Crippen molar-refractivity contribution in [3.63, 3.8) is 0 Å². The number of ketones is 1. The van der Waals surface area contributed by atoms with Crippen LogP contribution in [0.4, 0.5) is 5.69 Å². The summed E-state index contributed by atoms with van der Waals surface area (Å²) in [5, 5.41) is 11.9. The summed E-state index contributed by atoms with van der Waals surface area (Å²) >= 11 is 1.23. The lowest BCUT2D eigenvalue weighted by molar-refractivity contribution is -0.385. The maximum atomic E-state index is 13.9. The first-order valence-electron chi connectivity index (χ1n) is 10.1. The summed E-state index contributed by atoms with van der Waals surface area (Å²) in [5.41, 5.74) is 13.7. The normalized spacial score (nSPS) is 11.9. The highest BCUT2D eigenvalue weighted by Crippen LogP contribution is 2.38. The van der Waals surface area contributed by atoms with E-state index in [1.54, 1.807) is 30.3 Å². The van der Waals surface area contributed by atoms with Crippen LogP contribution in [0.5, 0.6) is 0 Å². The first kappa shape index (κ1) is 22.3. The lowest BCUT2D eigenvalue weighted by atomic mass is 9.81. The van der Waals surface area contributed by atoms with Crippen LogP contribution in [0, 0.1) is 17.0 Å². The lowest BCUT2D eigenvalue weighted by Gasteiger charge is -2.21. The van der Waals surface area contributed by atoms with Gasteiger partial charge in [0, 0.05) is 23.7 Å². The zero-order chi connectivity index (χ0) is 23.7. The van der Waals surface area contributed by atoms with Crippen LogP contribution in [-0.2, 0) is 6.54 Å². The summed E-state index contributed by atoms with van der Waals surface area (Å²) in [6, 6.07) is 16.9. The second kappa shape index (κ2) is 8.89. The Kier molecular flexibility index (Phi) is 5.99. The van der Waals surface area contributed by atoms with Crippen molar-refractivity contribution in [2.75, 3.05) is 0 Å². The molecule has 0 aliphatic rings. The van der Waals surface area contributed by atoms with E-state index in [1.165, 1.54) is 30.4 Å². The van der Waals surface area contributed by atoms with Crippen LogP contribution in [0.25, 0.3) is 10.2 Å². The molecule has 8 nitrogen and oxygen atoms in total. The third kappa shape index (κ3) is 4.11. The van der Waals surface area contributed by atoms with Gasteiger partial charge in [0.25, 0.3) is 5.69 Å². The number of nitrogens with two attached hydrogens (primary N) is 2. The van der Waals surface area contributed by atoms with Gasteiger partial charge in [0.1, 0.15) is 0 Å². The Bertz CT molecular complexity index is 1360. The maximum Gasteiger partial charge on any atom is 0.272 e. The quantitative estimate of drug-likeness (QED) is 0.242. The van der Waals surface area contributed by atoms with Crippen molar-refractivity contribution >= 4 is 38.9 Å². The number of aromatic nitrogens is 1. The van der Waals surface area contributed by atoms with Crippen molar-refractivity contribution in [1.29, 1.82) is 0 Å². The van der Waals surface area contributed by atoms with E-state index >= 15 is 0 Å². The Morgan fingerprint density at radius 3 is 2.39 bits per heavy atom. The van der Waals surface area contributed by atoms with Gasteiger partial charge in [0.15, 0.2) is 5.01 Å². The highest BCUT2D eigenvalue weighted by Gasteiger charge is 2.33. The van der Waals surface area contributed by atoms with Crippen molar-refractivity contribution in [2.24, 2.45) is 11.5 Å². The van der Waals surface area contributed by atoms with Crippen molar-refractivity contribution in [2.45, 2.75) is 19.4 Å². The average Bonchev–Trinajstić information content (AvgIpc) is 3.24. The average molecular weight is 461 g/mol. The molecule has 4 rings (SSSR count). The number of carbonyl (C=O) groups excluding carboxylic acids is 2. The van der Waals surface area contributed by atoms with E-state index in [1.807, 2.05) is 18.2 Å². The number of fused-ring (bicyclic) bond motifs is 1. The molecule has 0 saturated heterocycles. The van der Waals surface area contributed by atoms with E-state index in [0.29, 0.717) is 17.6 Å². The Labute approximate surface area is 193 Å². The summed E-state index contributed by atoms with van der Waals surface area (Å²) in [4.78, 5) is 41.8. The monoisotopic (exact) mass is 460 g/mol. The summed E-state index contributed by atoms with van der Waals surface area (Å²) in [6.45, 7) is 1.84. The summed E-state index contributed by atoms with van der Waals surface area (Å²) in [5.74, 6) is -2.16. The third-order valence-corrected chi connectivity index (χ3v) is 6.60. The minimum Gasteiger partial charge on any atom is -0.366 e. The summed E-state index contributed by atoms with van der Waals surface area (Å²) in [6.07, 6.45) is 0. The van der Waals surface area contributed by atoms with Gasteiger partial charge in [-0.2, -0.15) is 0 Å². The van der Waals surface area contributed by atoms with Gasteiger partial charge in [0.2, 0.25) is 11.7 Å². The van der Waals surface area contributed by atoms with Gasteiger partial charge in [0.05, 0.1) is 21.1 Å². The second-order valence-electron chi connectivity index (χ2n) is 7.52. The van der Waals surface area contributed by atoms with Gasteiger partial charge in [-0.05, 0) is 41.8 Å². The topological polar surface area (TPSA) is 142 Å². The fraction of sp³-hybridized carbons (Fsp3) is 0.125. The molecule has 0 aliphatic carbocycles. The third-order valence-electron chi connectivity index (χ3n) is 5.55. The standard InChI is InChI=1S/C24H20N4O4S/c1-13-18(28(31)32)11-10-16(23(26)30)20(13)21(15-8-6-14(12-25)7-9-15)22(29)24-27-17-4-2-3-5-19(17)33-24/h2-11,21H,12,25H2,1H3,(H2,26,30). The number of primary amides is 1. The fourth-order valence-corrected chi connectivity index (χ4v) is 4.83. The molecule has 1 aromatic heterocycles. The minimum absolute atomic E-state index is 0.0560. The molecule has 1 unspecified atom stereocenters. The fourth-order valence-electron chi connectivity index (χ4n) is 3.90. The predicted octanol–water partition coefficient (Wildman–Crippen LogP) is 4.09. The van der Waals surface area contributed by atoms with Gasteiger partial charge in [-0.3, -0.25) is 19.7 Å². The molecule has 0 saturated carbocycles. The molecule has 3 aromatic carbocycles. The van der Waals surface area contributed by atoms with Crippen molar-refractivity contribution in [3.8, 4) is 0 Å². The molecule has 1 amide bonds. The zero-order valence-corrected chi connectivity index (χ0v) is 18.5. The van der Waals surface area contributed by atoms with Crippen LogP contribution in [0.15, 0.2) is 60.7 Å². The Morgan fingerprint density at radius 2 is 1.79 bits per heavy atom. The summed E-state index contributed by atoms with van der Waals surface area (Å²) in [7, 11) is 0. The number of nitrogens with zero attached hydrogens (tertiary/aromatic N) is 2. The van der Waals surface area contributed by atoms with Gasteiger partial charge in [-0.25, -0.2) is 4.98 Å². The van der Waals surface area contributed by atoms with E-state index < -0.39 is 16.7 Å². The molecule has 0 radical (unpaired) electrons.